The largest absolute Gasteiger partial charge is 0.322 e. The van der Waals surface area contributed by atoms with E-state index in [0.29, 0.717) is 49.0 Å². The number of amides is 3. The van der Waals surface area contributed by atoms with E-state index in [1.807, 2.05) is 30.3 Å². The molecule has 6 rings (SSSR count). The molecule has 0 bridgehead atoms. The van der Waals surface area contributed by atoms with Gasteiger partial charge in [0.15, 0.2) is 0 Å². The molecule has 10 nitrogen and oxygen atoms in total. The third-order valence-corrected chi connectivity index (χ3v) is 11.2. The Morgan fingerprint density at radius 2 is 1.64 bits per heavy atom. The van der Waals surface area contributed by atoms with Gasteiger partial charge in [0.1, 0.15) is 6.04 Å². The van der Waals surface area contributed by atoms with E-state index in [0.717, 1.165) is 56.7 Å². The van der Waals surface area contributed by atoms with Gasteiger partial charge in [0, 0.05) is 51.3 Å². The summed E-state index contributed by atoms with van der Waals surface area (Å²) in [4.78, 5) is 43.6. The fourth-order valence-corrected chi connectivity index (χ4v) is 8.26. The fourth-order valence-electron chi connectivity index (χ4n) is 6.77. The maximum Gasteiger partial charge on any atom is 0.255 e. The van der Waals surface area contributed by atoms with Crippen LogP contribution in [0.4, 0.5) is 0 Å². The van der Waals surface area contributed by atoms with E-state index in [2.05, 4.69) is 28.1 Å². The van der Waals surface area contributed by atoms with Gasteiger partial charge < -0.3 is 9.80 Å². The highest BCUT2D eigenvalue weighted by molar-refractivity contribution is 7.89. The molecule has 2 aromatic rings. The zero-order valence-electron chi connectivity index (χ0n) is 24.1. The second-order valence-electron chi connectivity index (χ2n) is 11.9. The van der Waals surface area contributed by atoms with E-state index < -0.39 is 22.0 Å². The number of hydrogen-bond donors (Lipinski definition) is 1. The van der Waals surface area contributed by atoms with Crippen LogP contribution in [-0.2, 0) is 32.7 Å². The van der Waals surface area contributed by atoms with Crippen molar-refractivity contribution in [3.05, 3.63) is 64.7 Å². The molecule has 3 saturated heterocycles. The van der Waals surface area contributed by atoms with Crippen molar-refractivity contribution in [1.29, 1.82) is 0 Å². The molecule has 1 atom stereocenters. The first kappa shape index (κ1) is 29.0. The second kappa shape index (κ2) is 11.9. The lowest BCUT2D eigenvalue weighted by atomic mass is 9.87. The first-order valence-corrected chi connectivity index (χ1v) is 16.5. The van der Waals surface area contributed by atoms with Crippen LogP contribution in [-0.4, -0.2) is 97.0 Å². The number of piperazine rings is 1. The van der Waals surface area contributed by atoms with Gasteiger partial charge in [0.25, 0.3) is 5.91 Å². The van der Waals surface area contributed by atoms with E-state index in [-0.39, 0.29) is 18.2 Å². The van der Waals surface area contributed by atoms with Crippen molar-refractivity contribution in [2.45, 2.75) is 62.6 Å². The lowest BCUT2D eigenvalue weighted by Crippen LogP contribution is -2.52. The number of fused-ring (bicyclic) bond motifs is 1. The van der Waals surface area contributed by atoms with E-state index in [9.17, 15) is 22.8 Å². The topological polar surface area (TPSA) is 110 Å². The fraction of sp³-hybridized carbons (Fsp3) is 0.516. The van der Waals surface area contributed by atoms with E-state index >= 15 is 0 Å². The van der Waals surface area contributed by atoms with Crippen molar-refractivity contribution in [2.24, 2.45) is 0 Å². The quantitative estimate of drug-likeness (QED) is 0.490. The highest BCUT2D eigenvalue weighted by Crippen LogP contribution is 2.34. The molecule has 224 valence electrons. The number of hydrogen-bond acceptors (Lipinski definition) is 7. The molecule has 0 spiro atoms. The standard InChI is InChI=1S/C31H39N5O5S/c1-2-33-14-16-35(17-15-33)42(40,41)26-5-3-4-22(18-26)20-34-12-10-23(11-13-34)24-6-7-27-25(19-24)21-36(31(27)39)28-8-9-29(37)32-30(28)38/h3-7,18-19,23,28H,2,8-17,20-21H2,1H3,(H,32,37,38). The predicted octanol–water partition coefficient (Wildman–Crippen LogP) is 2.15. The Morgan fingerprint density at radius 1 is 0.881 bits per heavy atom. The number of carbonyl (C=O) groups excluding carboxylic acids is 3. The molecular weight excluding hydrogens is 554 g/mol. The van der Waals surface area contributed by atoms with Crippen LogP contribution in [0.3, 0.4) is 0 Å². The first-order chi connectivity index (χ1) is 20.2. The van der Waals surface area contributed by atoms with E-state index in [4.69, 9.17) is 0 Å². The molecule has 3 amide bonds. The highest BCUT2D eigenvalue weighted by Gasteiger charge is 2.39. The number of likely N-dealkylation sites (tertiary alicyclic amines) is 1. The van der Waals surface area contributed by atoms with Crippen molar-refractivity contribution >= 4 is 27.7 Å². The number of sulfonamides is 1. The van der Waals surface area contributed by atoms with Crippen molar-refractivity contribution in [1.82, 2.24) is 24.3 Å². The third-order valence-electron chi connectivity index (χ3n) is 9.33. The molecule has 0 saturated carbocycles. The SMILES string of the molecule is CCN1CCN(S(=O)(=O)c2cccc(CN3CCC(c4ccc5c(c4)CN(C4CCC(=O)NC4=O)C5=O)CC3)c2)CC1. The number of benzene rings is 2. The van der Waals surface area contributed by atoms with Crippen molar-refractivity contribution < 1.29 is 22.8 Å². The molecule has 42 heavy (non-hydrogen) atoms. The molecule has 1 unspecified atom stereocenters. The van der Waals surface area contributed by atoms with Gasteiger partial charge in [-0.05, 0) is 79.7 Å². The Bertz CT molecular complexity index is 1480. The van der Waals surface area contributed by atoms with Crippen LogP contribution in [0, 0.1) is 0 Å². The Hall–Kier alpha value is -3.12. The Labute approximate surface area is 247 Å². The van der Waals surface area contributed by atoms with Crippen LogP contribution in [0.5, 0.6) is 0 Å². The normalized spacial score (nSPS) is 23.3. The molecule has 0 aliphatic carbocycles. The third kappa shape index (κ3) is 5.75. The summed E-state index contributed by atoms with van der Waals surface area (Å²) < 4.78 is 28.2. The summed E-state index contributed by atoms with van der Waals surface area (Å²) in [5.41, 5.74) is 3.80. The molecule has 0 radical (unpaired) electrons. The zero-order valence-corrected chi connectivity index (χ0v) is 24.9. The minimum absolute atomic E-state index is 0.145. The van der Waals surface area contributed by atoms with E-state index in [1.165, 1.54) is 5.56 Å². The number of carbonyl (C=O) groups is 3. The Kier molecular flexibility index (Phi) is 8.19. The maximum absolute atomic E-state index is 13.3. The van der Waals surface area contributed by atoms with Crippen LogP contribution in [0.1, 0.15) is 65.6 Å². The average Bonchev–Trinajstić information content (AvgIpc) is 3.33. The van der Waals surface area contributed by atoms with Gasteiger partial charge in [-0.15, -0.1) is 0 Å². The second-order valence-corrected chi connectivity index (χ2v) is 13.8. The van der Waals surface area contributed by atoms with Gasteiger partial charge in [-0.2, -0.15) is 4.31 Å². The van der Waals surface area contributed by atoms with Gasteiger partial charge >= 0.3 is 0 Å². The number of nitrogens with one attached hydrogen (secondary N) is 1. The number of likely N-dealkylation sites (N-methyl/N-ethyl adjacent to an activating group) is 1. The monoisotopic (exact) mass is 593 g/mol. The Morgan fingerprint density at radius 3 is 2.36 bits per heavy atom. The van der Waals surface area contributed by atoms with Crippen molar-refractivity contribution in [3.8, 4) is 0 Å². The molecule has 4 aliphatic heterocycles. The van der Waals surface area contributed by atoms with E-state index in [1.54, 1.807) is 15.3 Å². The molecule has 4 heterocycles. The molecule has 4 aliphatic rings. The van der Waals surface area contributed by atoms with Crippen LogP contribution >= 0.6 is 0 Å². The summed E-state index contributed by atoms with van der Waals surface area (Å²) in [5.74, 6) is -0.445. The molecule has 0 aromatic heterocycles. The molecule has 3 fully saturated rings. The maximum atomic E-state index is 13.3. The Balaban J connectivity index is 1.05. The predicted molar refractivity (Wildman–Crippen MR) is 157 cm³/mol. The summed E-state index contributed by atoms with van der Waals surface area (Å²) in [7, 11) is -3.50. The summed E-state index contributed by atoms with van der Waals surface area (Å²) in [6.45, 7) is 8.53. The van der Waals surface area contributed by atoms with Crippen molar-refractivity contribution in [3.63, 3.8) is 0 Å². The lowest BCUT2D eigenvalue weighted by molar-refractivity contribution is -0.136. The first-order valence-electron chi connectivity index (χ1n) is 15.0. The van der Waals surface area contributed by atoms with Crippen LogP contribution in [0.15, 0.2) is 47.4 Å². The zero-order chi connectivity index (χ0) is 29.4. The van der Waals surface area contributed by atoms with Crippen molar-refractivity contribution in [2.75, 3.05) is 45.8 Å². The summed E-state index contributed by atoms with van der Waals surface area (Å²) in [5, 5.41) is 2.36. The summed E-state index contributed by atoms with van der Waals surface area (Å²) >= 11 is 0. The number of piperidine rings is 2. The molecular formula is C31H39N5O5S. The smallest absolute Gasteiger partial charge is 0.255 e. The lowest BCUT2D eigenvalue weighted by Gasteiger charge is -2.33. The van der Waals surface area contributed by atoms with Crippen LogP contribution < -0.4 is 5.32 Å². The molecule has 2 aromatic carbocycles. The minimum atomic E-state index is -3.50. The van der Waals surface area contributed by atoms with Gasteiger partial charge in [0.05, 0.1) is 4.90 Å². The van der Waals surface area contributed by atoms with Gasteiger partial charge in [-0.3, -0.25) is 24.6 Å². The highest BCUT2D eigenvalue weighted by atomic mass is 32.2. The number of rotatable bonds is 7. The van der Waals surface area contributed by atoms with Crippen LogP contribution in [0.25, 0.3) is 0 Å². The summed E-state index contributed by atoms with van der Waals surface area (Å²) in [6, 6.07) is 12.8. The average molecular weight is 594 g/mol. The number of nitrogens with zero attached hydrogens (tertiary/aromatic N) is 4. The van der Waals surface area contributed by atoms with Crippen LogP contribution in [0.2, 0.25) is 0 Å². The number of imide groups is 1. The summed E-state index contributed by atoms with van der Waals surface area (Å²) in [6.07, 6.45) is 2.56. The molecule has 1 N–H and O–H groups in total. The van der Waals surface area contributed by atoms with Gasteiger partial charge in [-0.1, -0.05) is 31.2 Å². The van der Waals surface area contributed by atoms with Gasteiger partial charge in [0.2, 0.25) is 21.8 Å². The van der Waals surface area contributed by atoms with Gasteiger partial charge in [-0.25, -0.2) is 8.42 Å². The minimum Gasteiger partial charge on any atom is -0.322 e. The molecule has 11 heteroatoms.